The van der Waals surface area contributed by atoms with Gasteiger partial charge in [0.2, 0.25) is 11.9 Å². The van der Waals surface area contributed by atoms with Crippen LogP contribution in [0.25, 0.3) is 0 Å². The first-order chi connectivity index (χ1) is 7.95. The molecule has 1 atom stereocenters. The molecule has 6 heteroatoms. The third-order valence-electron chi connectivity index (χ3n) is 2.66. The molecule has 1 aromatic rings. The zero-order chi connectivity index (χ0) is 13.0. The van der Waals surface area contributed by atoms with E-state index in [1.807, 2.05) is 20.8 Å². The highest BCUT2D eigenvalue weighted by Gasteiger charge is 2.17. The van der Waals surface area contributed by atoms with Crippen LogP contribution in [0.4, 0.5) is 5.95 Å². The van der Waals surface area contributed by atoms with E-state index in [1.165, 1.54) is 0 Å². The maximum Gasteiger partial charge on any atom is 0.244 e. The fraction of sp³-hybridized carbons (Fsp3) is 0.636. The number of carbonyl (C=O) groups excluding carboxylic acids is 1. The van der Waals surface area contributed by atoms with Gasteiger partial charge in [-0.15, -0.1) is 5.10 Å². The standard InChI is InChI=1S/C11H19N5O/c1-6-16(5)10(17)9(4)13-11-12-7(2)8(3)14-15-11/h9H,6H2,1-5H3,(H,12,13,15). The van der Waals surface area contributed by atoms with Crippen molar-refractivity contribution >= 4 is 11.9 Å². The van der Waals surface area contributed by atoms with Crippen LogP contribution in [-0.4, -0.2) is 45.6 Å². The molecule has 1 amide bonds. The maximum atomic E-state index is 11.8. The first-order valence-electron chi connectivity index (χ1n) is 5.65. The predicted molar refractivity (Wildman–Crippen MR) is 65.7 cm³/mol. The Bertz CT molecular complexity index is 407. The Labute approximate surface area is 101 Å². The van der Waals surface area contributed by atoms with Crippen molar-refractivity contribution in [1.82, 2.24) is 20.1 Å². The molecule has 0 bridgehead atoms. The van der Waals surface area contributed by atoms with E-state index in [4.69, 9.17) is 0 Å². The lowest BCUT2D eigenvalue weighted by molar-refractivity contribution is -0.130. The lowest BCUT2D eigenvalue weighted by atomic mass is 10.3. The van der Waals surface area contributed by atoms with E-state index in [9.17, 15) is 4.79 Å². The number of rotatable bonds is 4. The number of anilines is 1. The van der Waals surface area contributed by atoms with Gasteiger partial charge in [0.1, 0.15) is 6.04 Å². The van der Waals surface area contributed by atoms with Crippen molar-refractivity contribution in [3.05, 3.63) is 11.4 Å². The number of hydrogen-bond donors (Lipinski definition) is 1. The van der Waals surface area contributed by atoms with E-state index >= 15 is 0 Å². The second-order valence-electron chi connectivity index (χ2n) is 4.02. The van der Waals surface area contributed by atoms with E-state index < -0.39 is 0 Å². The molecule has 0 aromatic carbocycles. The van der Waals surface area contributed by atoms with Gasteiger partial charge in [0.05, 0.1) is 11.4 Å². The Kier molecular flexibility index (Phi) is 4.37. The summed E-state index contributed by atoms with van der Waals surface area (Å²) >= 11 is 0. The predicted octanol–water partition coefficient (Wildman–Crippen LogP) is 0.767. The molecule has 0 saturated heterocycles. The Morgan fingerprint density at radius 1 is 1.35 bits per heavy atom. The third kappa shape index (κ3) is 3.37. The number of amides is 1. The number of carbonyl (C=O) groups is 1. The Balaban J connectivity index is 2.71. The number of hydrogen-bond acceptors (Lipinski definition) is 5. The summed E-state index contributed by atoms with van der Waals surface area (Å²) in [5.74, 6) is 0.396. The minimum atomic E-state index is -0.358. The van der Waals surface area contributed by atoms with Crippen LogP contribution in [0.15, 0.2) is 0 Å². The van der Waals surface area contributed by atoms with Crippen LogP contribution in [0, 0.1) is 13.8 Å². The molecule has 1 aromatic heterocycles. The van der Waals surface area contributed by atoms with Gasteiger partial charge in [0, 0.05) is 13.6 Å². The molecular weight excluding hydrogens is 218 g/mol. The van der Waals surface area contributed by atoms with Crippen LogP contribution in [0.3, 0.4) is 0 Å². The van der Waals surface area contributed by atoms with E-state index in [0.29, 0.717) is 12.5 Å². The highest BCUT2D eigenvalue weighted by atomic mass is 16.2. The summed E-state index contributed by atoms with van der Waals surface area (Å²) in [5.41, 5.74) is 1.60. The number of aromatic nitrogens is 3. The van der Waals surface area contributed by atoms with Crippen molar-refractivity contribution in [2.24, 2.45) is 0 Å². The van der Waals surface area contributed by atoms with Crippen molar-refractivity contribution in [3.8, 4) is 0 Å². The van der Waals surface area contributed by atoms with Crippen molar-refractivity contribution in [2.75, 3.05) is 18.9 Å². The van der Waals surface area contributed by atoms with Crippen LogP contribution < -0.4 is 5.32 Å². The number of aryl methyl sites for hydroxylation is 2. The molecule has 0 aliphatic heterocycles. The summed E-state index contributed by atoms with van der Waals surface area (Å²) in [6.45, 7) is 8.10. The molecule has 94 valence electrons. The van der Waals surface area contributed by atoms with Gasteiger partial charge in [-0.25, -0.2) is 4.98 Å². The van der Waals surface area contributed by atoms with Crippen LogP contribution in [0.5, 0.6) is 0 Å². The molecule has 0 radical (unpaired) electrons. The summed E-state index contributed by atoms with van der Waals surface area (Å²) in [4.78, 5) is 17.7. The van der Waals surface area contributed by atoms with Gasteiger partial charge in [-0.3, -0.25) is 4.79 Å². The second-order valence-corrected chi connectivity index (χ2v) is 4.02. The highest BCUT2D eigenvalue weighted by Crippen LogP contribution is 2.04. The van der Waals surface area contributed by atoms with Gasteiger partial charge in [0.25, 0.3) is 0 Å². The smallest absolute Gasteiger partial charge is 0.244 e. The Morgan fingerprint density at radius 2 is 2.00 bits per heavy atom. The second kappa shape index (κ2) is 5.56. The van der Waals surface area contributed by atoms with Crippen molar-refractivity contribution in [2.45, 2.75) is 33.7 Å². The largest absolute Gasteiger partial charge is 0.344 e. The molecule has 0 fully saturated rings. The third-order valence-corrected chi connectivity index (χ3v) is 2.66. The van der Waals surface area contributed by atoms with Crippen LogP contribution >= 0.6 is 0 Å². The number of nitrogens with one attached hydrogen (secondary N) is 1. The average molecular weight is 237 g/mol. The Hall–Kier alpha value is -1.72. The van der Waals surface area contributed by atoms with Gasteiger partial charge in [-0.05, 0) is 27.7 Å². The molecule has 0 saturated carbocycles. The van der Waals surface area contributed by atoms with Crippen LogP contribution in [0.1, 0.15) is 25.2 Å². The summed E-state index contributed by atoms with van der Waals surface area (Å²) in [6.07, 6.45) is 0. The maximum absolute atomic E-state index is 11.8. The molecule has 1 N–H and O–H groups in total. The van der Waals surface area contributed by atoms with E-state index in [-0.39, 0.29) is 11.9 Å². The first-order valence-corrected chi connectivity index (χ1v) is 5.65. The van der Waals surface area contributed by atoms with Crippen molar-refractivity contribution < 1.29 is 4.79 Å². The highest BCUT2D eigenvalue weighted by molar-refractivity contribution is 5.83. The summed E-state index contributed by atoms with van der Waals surface area (Å²) in [5, 5.41) is 10.8. The van der Waals surface area contributed by atoms with Crippen molar-refractivity contribution in [3.63, 3.8) is 0 Å². The first kappa shape index (κ1) is 13.3. The number of likely N-dealkylation sites (N-methyl/N-ethyl adjacent to an activating group) is 1. The molecule has 1 rings (SSSR count). The fourth-order valence-corrected chi connectivity index (χ4v) is 1.26. The summed E-state index contributed by atoms with van der Waals surface area (Å²) in [6, 6.07) is -0.358. The van der Waals surface area contributed by atoms with Crippen molar-refractivity contribution in [1.29, 1.82) is 0 Å². The lowest BCUT2D eigenvalue weighted by Gasteiger charge is -2.20. The van der Waals surface area contributed by atoms with E-state index in [0.717, 1.165) is 11.4 Å². The molecule has 0 aliphatic rings. The normalized spacial score (nSPS) is 12.1. The molecule has 1 heterocycles. The monoisotopic (exact) mass is 237 g/mol. The molecule has 17 heavy (non-hydrogen) atoms. The van der Waals surface area contributed by atoms with E-state index in [2.05, 4.69) is 20.5 Å². The fourth-order valence-electron chi connectivity index (χ4n) is 1.26. The van der Waals surface area contributed by atoms with Gasteiger partial charge >= 0.3 is 0 Å². The zero-order valence-corrected chi connectivity index (χ0v) is 11.0. The van der Waals surface area contributed by atoms with Gasteiger partial charge in [-0.1, -0.05) is 0 Å². The van der Waals surface area contributed by atoms with Crippen LogP contribution in [0.2, 0.25) is 0 Å². The zero-order valence-electron chi connectivity index (χ0n) is 11.0. The summed E-state index contributed by atoms with van der Waals surface area (Å²) in [7, 11) is 1.76. The quantitative estimate of drug-likeness (QED) is 0.837. The van der Waals surface area contributed by atoms with Gasteiger partial charge < -0.3 is 10.2 Å². The number of nitrogens with zero attached hydrogens (tertiary/aromatic N) is 4. The Morgan fingerprint density at radius 3 is 2.53 bits per heavy atom. The minimum absolute atomic E-state index is 0.00864. The molecule has 1 unspecified atom stereocenters. The minimum Gasteiger partial charge on any atom is -0.344 e. The topological polar surface area (TPSA) is 71.0 Å². The summed E-state index contributed by atoms with van der Waals surface area (Å²) < 4.78 is 0. The van der Waals surface area contributed by atoms with E-state index in [1.54, 1.807) is 18.9 Å². The average Bonchev–Trinajstić information content (AvgIpc) is 2.31. The van der Waals surface area contributed by atoms with Crippen LogP contribution in [-0.2, 0) is 4.79 Å². The lowest BCUT2D eigenvalue weighted by Crippen LogP contribution is -2.39. The molecule has 0 spiro atoms. The van der Waals surface area contributed by atoms with Gasteiger partial charge in [0.15, 0.2) is 0 Å². The van der Waals surface area contributed by atoms with Gasteiger partial charge in [-0.2, -0.15) is 5.10 Å². The molecule has 6 nitrogen and oxygen atoms in total. The SMILES string of the molecule is CCN(C)C(=O)C(C)Nc1nnc(C)c(C)n1. The molecule has 0 aliphatic carbocycles. The molecular formula is C11H19N5O.